The van der Waals surface area contributed by atoms with Crippen molar-refractivity contribution in [3.8, 4) is 11.4 Å². The van der Waals surface area contributed by atoms with Crippen LogP contribution < -0.4 is 4.90 Å². The van der Waals surface area contributed by atoms with Gasteiger partial charge in [-0.05, 0) is 24.3 Å². The number of rotatable bonds is 5. The minimum atomic E-state index is 0.0880. The number of carbonyl (C=O) groups is 1. The van der Waals surface area contributed by atoms with Crippen LogP contribution in [0.1, 0.15) is 12.3 Å². The molecule has 0 atom stereocenters. The van der Waals surface area contributed by atoms with Crippen molar-refractivity contribution in [3.63, 3.8) is 0 Å². The lowest BCUT2D eigenvalue weighted by molar-refractivity contribution is -0.131. The average molecular weight is 399 g/mol. The zero-order chi connectivity index (χ0) is 19.3. The maximum absolute atomic E-state index is 12.5. The Hall–Kier alpha value is -3.00. The Labute approximate surface area is 167 Å². The van der Waals surface area contributed by atoms with E-state index in [4.69, 9.17) is 16.1 Å². The van der Waals surface area contributed by atoms with Crippen molar-refractivity contribution in [2.24, 2.45) is 0 Å². The molecule has 0 spiro atoms. The quantitative estimate of drug-likeness (QED) is 0.652. The van der Waals surface area contributed by atoms with Gasteiger partial charge in [-0.2, -0.15) is 4.98 Å². The maximum Gasteiger partial charge on any atom is 0.227 e. The van der Waals surface area contributed by atoms with Gasteiger partial charge in [0.1, 0.15) is 5.82 Å². The van der Waals surface area contributed by atoms with Crippen molar-refractivity contribution < 1.29 is 9.32 Å². The summed E-state index contributed by atoms with van der Waals surface area (Å²) >= 11 is 5.89. The third kappa shape index (κ3) is 4.28. The van der Waals surface area contributed by atoms with Crippen LogP contribution in [0.4, 0.5) is 5.82 Å². The Morgan fingerprint density at radius 2 is 1.89 bits per heavy atom. The number of aryl methyl sites for hydroxylation is 1. The molecule has 1 fully saturated rings. The third-order valence-electron chi connectivity index (χ3n) is 4.63. The van der Waals surface area contributed by atoms with Crippen LogP contribution in [0.2, 0.25) is 5.02 Å². The van der Waals surface area contributed by atoms with Gasteiger partial charge in [-0.25, -0.2) is 4.98 Å². The summed E-state index contributed by atoms with van der Waals surface area (Å²) in [5.74, 6) is 1.88. The number of amides is 1. The van der Waals surface area contributed by atoms with Crippen molar-refractivity contribution >= 4 is 23.3 Å². The predicted octanol–water partition coefficient (Wildman–Crippen LogP) is 2.46. The Morgan fingerprint density at radius 3 is 2.61 bits per heavy atom. The SMILES string of the molecule is O=C(CCc1nc(-c2ccc(Cl)cc2)no1)N1CCN(c2cnccn2)CC1. The van der Waals surface area contributed by atoms with E-state index in [9.17, 15) is 4.79 Å². The van der Waals surface area contributed by atoms with Crippen molar-refractivity contribution in [2.45, 2.75) is 12.8 Å². The molecule has 1 aliphatic rings. The lowest BCUT2D eigenvalue weighted by Crippen LogP contribution is -2.49. The van der Waals surface area contributed by atoms with Gasteiger partial charge in [0.05, 0.1) is 6.20 Å². The van der Waals surface area contributed by atoms with Crippen LogP contribution in [0.3, 0.4) is 0 Å². The molecular formula is C19H19ClN6O2. The van der Waals surface area contributed by atoms with E-state index >= 15 is 0 Å². The minimum absolute atomic E-state index is 0.0880. The fourth-order valence-electron chi connectivity index (χ4n) is 3.08. The number of hydrogen-bond donors (Lipinski definition) is 0. The highest BCUT2D eigenvalue weighted by Crippen LogP contribution is 2.19. The van der Waals surface area contributed by atoms with E-state index in [1.807, 2.05) is 17.0 Å². The summed E-state index contributed by atoms with van der Waals surface area (Å²) < 4.78 is 5.27. The molecule has 1 aliphatic heterocycles. The van der Waals surface area contributed by atoms with Gasteiger partial charge in [-0.3, -0.25) is 9.78 Å². The molecule has 3 heterocycles. The normalized spacial score (nSPS) is 14.3. The van der Waals surface area contributed by atoms with Gasteiger partial charge in [0, 0.05) is 62.0 Å². The van der Waals surface area contributed by atoms with E-state index in [1.54, 1.807) is 30.7 Å². The first-order chi connectivity index (χ1) is 13.7. The largest absolute Gasteiger partial charge is 0.352 e. The van der Waals surface area contributed by atoms with Crippen molar-refractivity contribution in [1.82, 2.24) is 25.0 Å². The molecule has 2 aromatic heterocycles. The van der Waals surface area contributed by atoms with Gasteiger partial charge in [0.2, 0.25) is 17.6 Å². The van der Waals surface area contributed by atoms with Gasteiger partial charge in [-0.15, -0.1) is 0 Å². The van der Waals surface area contributed by atoms with E-state index in [-0.39, 0.29) is 5.91 Å². The van der Waals surface area contributed by atoms with E-state index in [0.29, 0.717) is 42.7 Å². The first-order valence-electron chi connectivity index (χ1n) is 9.06. The van der Waals surface area contributed by atoms with Crippen LogP contribution in [0.25, 0.3) is 11.4 Å². The molecule has 3 aromatic rings. The first kappa shape index (κ1) is 18.4. The van der Waals surface area contributed by atoms with Gasteiger partial charge in [-0.1, -0.05) is 16.8 Å². The molecule has 0 bridgehead atoms. The van der Waals surface area contributed by atoms with Crippen LogP contribution in [-0.4, -0.2) is 57.1 Å². The number of carbonyl (C=O) groups excluding carboxylic acids is 1. The zero-order valence-corrected chi connectivity index (χ0v) is 15.9. The molecule has 144 valence electrons. The monoisotopic (exact) mass is 398 g/mol. The number of piperazine rings is 1. The number of aromatic nitrogens is 4. The lowest BCUT2D eigenvalue weighted by atomic mass is 10.2. The molecule has 4 rings (SSSR count). The maximum atomic E-state index is 12.5. The second kappa shape index (κ2) is 8.35. The topological polar surface area (TPSA) is 88.3 Å². The molecule has 0 radical (unpaired) electrons. The highest BCUT2D eigenvalue weighted by atomic mass is 35.5. The molecule has 1 saturated heterocycles. The first-order valence-corrected chi connectivity index (χ1v) is 9.44. The fourth-order valence-corrected chi connectivity index (χ4v) is 3.21. The lowest BCUT2D eigenvalue weighted by Gasteiger charge is -2.35. The second-order valence-corrected chi connectivity index (χ2v) is 6.89. The molecule has 0 aliphatic carbocycles. The minimum Gasteiger partial charge on any atom is -0.352 e. The van der Waals surface area contributed by atoms with Gasteiger partial charge in [0.25, 0.3) is 0 Å². The van der Waals surface area contributed by atoms with E-state index in [0.717, 1.165) is 24.5 Å². The molecule has 0 saturated carbocycles. The summed E-state index contributed by atoms with van der Waals surface area (Å²) in [6, 6.07) is 7.21. The third-order valence-corrected chi connectivity index (χ3v) is 4.88. The van der Waals surface area contributed by atoms with Gasteiger partial charge in [0.15, 0.2) is 0 Å². The number of hydrogen-bond acceptors (Lipinski definition) is 7. The average Bonchev–Trinajstić information content (AvgIpc) is 3.22. The van der Waals surface area contributed by atoms with E-state index in [1.165, 1.54) is 0 Å². The molecular weight excluding hydrogens is 380 g/mol. The summed E-state index contributed by atoms with van der Waals surface area (Å²) in [6.45, 7) is 2.81. The van der Waals surface area contributed by atoms with Crippen LogP contribution in [0.5, 0.6) is 0 Å². The molecule has 0 unspecified atom stereocenters. The predicted molar refractivity (Wildman–Crippen MR) is 104 cm³/mol. The number of anilines is 1. The van der Waals surface area contributed by atoms with E-state index in [2.05, 4.69) is 25.0 Å². The zero-order valence-electron chi connectivity index (χ0n) is 15.2. The van der Waals surface area contributed by atoms with Gasteiger partial charge < -0.3 is 14.3 Å². The van der Waals surface area contributed by atoms with Gasteiger partial charge >= 0.3 is 0 Å². The molecule has 28 heavy (non-hydrogen) atoms. The fraction of sp³-hybridized carbons (Fsp3) is 0.316. The standard InChI is InChI=1S/C19H19ClN6O2/c20-15-3-1-14(2-4-15)19-23-17(28-24-19)5-6-18(27)26-11-9-25(10-12-26)16-13-21-7-8-22-16/h1-4,7-8,13H,5-6,9-12H2. The van der Waals surface area contributed by atoms with Crippen LogP contribution in [0, 0.1) is 0 Å². The summed E-state index contributed by atoms with van der Waals surface area (Å²) in [4.78, 5) is 29.3. The summed E-state index contributed by atoms with van der Waals surface area (Å²) in [6.07, 6.45) is 5.83. The van der Waals surface area contributed by atoms with Crippen LogP contribution in [-0.2, 0) is 11.2 Å². The Balaban J connectivity index is 1.28. The van der Waals surface area contributed by atoms with Crippen molar-refractivity contribution in [3.05, 3.63) is 53.8 Å². The summed E-state index contributed by atoms with van der Waals surface area (Å²) in [5.41, 5.74) is 0.825. The van der Waals surface area contributed by atoms with Crippen LogP contribution in [0.15, 0.2) is 47.4 Å². The molecule has 1 aromatic carbocycles. The smallest absolute Gasteiger partial charge is 0.227 e. The molecule has 9 heteroatoms. The summed E-state index contributed by atoms with van der Waals surface area (Å²) in [5, 5.41) is 4.63. The highest BCUT2D eigenvalue weighted by molar-refractivity contribution is 6.30. The number of halogens is 1. The molecule has 1 amide bonds. The second-order valence-electron chi connectivity index (χ2n) is 6.45. The number of benzene rings is 1. The van der Waals surface area contributed by atoms with Crippen LogP contribution >= 0.6 is 11.6 Å². The molecule has 0 N–H and O–H groups in total. The van der Waals surface area contributed by atoms with E-state index < -0.39 is 0 Å². The number of nitrogens with zero attached hydrogens (tertiary/aromatic N) is 6. The van der Waals surface area contributed by atoms with Crippen molar-refractivity contribution in [1.29, 1.82) is 0 Å². The Kier molecular flexibility index (Phi) is 5.48. The highest BCUT2D eigenvalue weighted by Gasteiger charge is 2.22. The molecule has 8 nitrogen and oxygen atoms in total. The summed E-state index contributed by atoms with van der Waals surface area (Å²) in [7, 11) is 0. The Bertz CT molecular complexity index is 923. The Morgan fingerprint density at radius 1 is 1.11 bits per heavy atom. The van der Waals surface area contributed by atoms with Crippen molar-refractivity contribution in [2.75, 3.05) is 31.1 Å².